The molecule has 1 rings (SSSR count). The summed E-state index contributed by atoms with van der Waals surface area (Å²) in [5, 5.41) is -1.46. The summed E-state index contributed by atoms with van der Waals surface area (Å²) in [5.74, 6) is 0.174. The van der Waals surface area contributed by atoms with Crippen molar-refractivity contribution >= 4 is 22.5 Å². The number of ether oxygens (including phenoxy) is 1. The fourth-order valence-corrected chi connectivity index (χ4v) is 0.890. The second kappa shape index (κ2) is 4.48. The quantitative estimate of drug-likeness (QED) is 0.743. The van der Waals surface area contributed by atoms with Crippen LogP contribution in [0.1, 0.15) is 0 Å². The van der Waals surface area contributed by atoms with Gasteiger partial charge in [0.15, 0.2) is 0 Å². The van der Waals surface area contributed by atoms with Gasteiger partial charge in [0.25, 0.3) is 0 Å². The normalized spacial score (nSPS) is 12.7. The number of methoxy groups -OCH3 is 1. The average molecular weight is 239 g/mol. The van der Waals surface area contributed by atoms with Gasteiger partial charge in [0.2, 0.25) is 5.17 Å². The molecule has 1 aromatic heterocycles. The first-order valence-electron chi connectivity index (χ1n) is 3.74. The molecule has 0 N–H and O–H groups in total. The predicted octanol–water partition coefficient (Wildman–Crippen LogP) is 2.92. The summed E-state index contributed by atoms with van der Waals surface area (Å²) in [6, 6.07) is 1.39. The topological polar surface area (TPSA) is 34.5 Å². The van der Waals surface area contributed by atoms with Crippen LogP contribution >= 0.6 is 11.6 Å². The highest BCUT2D eigenvalue weighted by Crippen LogP contribution is 2.29. The summed E-state index contributed by atoms with van der Waals surface area (Å²) >= 11 is 4.96. The molecule has 0 amide bonds. The molecule has 0 saturated heterocycles. The molecule has 7 heteroatoms. The summed E-state index contributed by atoms with van der Waals surface area (Å²) in [6.45, 7) is 0. The third-order valence-corrected chi connectivity index (χ3v) is 1.73. The molecule has 3 nitrogen and oxygen atoms in total. The Kier molecular flexibility index (Phi) is 3.52. The maximum Gasteiger partial charge on any atom is 0.444 e. The molecule has 0 aliphatic heterocycles. The fourth-order valence-electron chi connectivity index (χ4n) is 0.799. The minimum Gasteiger partial charge on any atom is -0.494 e. The van der Waals surface area contributed by atoms with Gasteiger partial charge >= 0.3 is 6.18 Å². The first kappa shape index (κ1) is 11.8. The van der Waals surface area contributed by atoms with Crippen LogP contribution in [-0.4, -0.2) is 23.4 Å². The molecular formula is C8H6ClF3N2O. The van der Waals surface area contributed by atoms with Crippen molar-refractivity contribution in [1.29, 1.82) is 0 Å². The highest BCUT2D eigenvalue weighted by Gasteiger charge is 2.34. The number of nitrogens with zero attached hydrogens (tertiary/aromatic N) is 2. The maximum absolute atomic E-state index is 12.0. The van der Waals surface area contributed by atoms with Crippen LogP contribution in [-0.2, 0) is 0 Å². The zero-order valence-corrected chi connectivity index (χ0v) is 8.30. The van der Waals surface area contributed by atoms with E-state index in [4.69, 9.17) is 16.3 Å². The van der Waals surface area contributed by atoms with Crippen molar-refractivity contribution in [3.63, 3.8) is 0 Å². The van der Waals surface area contributed by atoms with E-state index in [1.165, 1.54) is 19.4 Å². The first-order chi connectivity index (χ1) is 6.95. The van der Waals surface area contributed by atoms with Gasteiger partial charge < -0.3 is 4.74 Å². The van der Waals surface area contributed by atoms with Crippen LogP contribution in [0.4, 0.5) is 18.9 Å². The lowest BCUT2D eigenvalue weighted by Crippen LogP contribution is -2.16. The van der Waals surface area contributed by atoms with Gasteiger partial charge in [-0.15, -0.1) is 0 Å². The number of aliphatic imine (C=N–C) groups is 1. The molecule has 1 heterocycles. The zero-order chi connectivity index (χ0) is 11.5. The van der Waals surface area contributed by atoms with E-state index in [1.807, 2.05) is 0 Å². The average Bonchev–Trinajstić information content (AvgIpc) is 2.17. The summed E-state index contributed by atoms with van der Waals surface area (Å²) < 4.78 is 40.9. The molecule has 0 aliphatic carbocycles. The van der Waals surface area contributed by atoms with Crippen LogP contribution in [0.5, 0.6) is 5.75 Å². The van der Waals surface area contributed by atoms with Gasteiger partial charge in [-0.2, -0.15) is 13.2 Å². The van der Waals surface area contributed by atoms with E-state index in [2.05, 4.69) is 9.98 Å². The fraction of sp³-hybridized carbons (Fsp3) is 0.250. The number of rotatable bonds is 2. The second-order valence-corrected chi connectivity index (χ2v) is 2.81. The molecule has 0 bridgehead atoms. The number of hydrogen-bond acceptors (Lipinski definition) is 3. The Bertz CT molecular complexity index is 378. The van der Waals surface area contributed by atoms with Gasteiger partial charge in [0, 0.05) is 12.3 Å². The minimum atomic E-state index is -4.66. The van der Waals surface area contributed by atoms with E-state index in [0.29, 0.717) is 0 Å². The number of hydrogen-bond donors (Lipinski definition) is 0. The Morgan fingerprint density at radius 3 is 2.73 bits per heavy atom. The molecule has 0 unspecified atom stereocenters. The lowest BCUT2D eigenvalue weighted by molar-refractivity contribution is -0.0558. The molecule has 82 valence electrons. The van der Waals surface area contributed by atoms with E-state index >= 15 is 0 Å². The Labute approximate surface area is 88.6 Å². The SMILES string of the molecule is COc1ccncc1N=C(Cl)C(F)(F)F. The maximum atomic E-state index is 12.0. The number of aromatic nitrogens is 1. The van der Waals surface area contributed by atoms with Crippen LogP contribution < -0.4 is 4.74 Å². The third kappa shape index (κ3) is 3.09. The van der Waals surface area contributed by atoms with E-state index in [-0.39, 0.29) is 11.4 Å². The van der Waals surface area contributed by atoms with Crippen molar-refractivity contribution in [3.8, 4) is 5.75 Å². The highest BCUT2D eigenvalue weighted by atomic mass is 35.5. The Morgan fingerprint density at radius 1 is 1.53 bits per heavy atom. The molecule has 0 spiro atoms. The molecule has 0 aromatic carbocycles. The summed E-state index contributed by atoms with van der Waals surface area (Å²) in [7, 11) is 1.32. The molecule has 0 saturated carbocycles. The monoisotopic (exact) mass is 238 g/mol. The molecule has 0 fully saturated rings. The van der Waals surface area contributed by atoms with E-state index < -0.39 is 11.3 Å². The number of pyridine rings is 1. The number of halogens is 4. The predicted molar refractivity (Wildman–Crippen MR) is 49.8 cm³/mol. The molecule has 0 atom stereocenters. The lowest BCUT2D eigenvalue weighted by atomic mass is 10.4. The van der Waals surface area contributed by atoms with Gasteiger partial charge in [-0.1, -0.05) is 11.6 Å². The van der Waals surface area contributed by atoms with Crippen LogP contribution in [0, 0.1) is 0 Å². The van der Waals surface area contributed by atoms with E-state index in [1.54, 1.807) is 0 Å². The van der Waals surface area contributed by atoms with Gasteiger partial charge in [-0.25, -0.2) is 4.99 Å². The Morgan fingerprint density at radius 2 is 2.20 bits per heavy atom. The molecule has 15 heavy (non-hydrogen) atoms. The van der Waals surface area contributed by atoms with Gasteiger partial charge in [0.05, 0.1) is 13.3 Å². The van der Waals surface area contributed by atoms with Crippen molar-refractivity contribution in [1.82, 2.24) is 4.98 Å². The third-order valence-electron chi connectivity index (χ3n) is 1.43. The van der Waals surface area contributed by atoms with Crippen molar-refractivity contribution in [2.45, 2.75) is 6.18 Å². The second-order valence-electron chi connectivity index (χ2n) is 2.45. The molecule has 0 radical (unpaired) electrons. The minimum absolute atomic E-state index is 0.0673. The summed E-state index contributed by atoms with van der Waals surface area (Å²) in [6.07, 6.45) is -2.16. The zero-order valence-electron chi connectivity index (χ0n) is 7.55. The van der Waals surface area contributed by atoms with Gasteiger partial charge in [-0.3, -0.25) is 4.98 Å². The standard InChI is InChI=1S/C8H6ClF3N2O/c1-15-6-2-3-13-4-5(6)14-7(9)8(10,11)12/h2-4H,1H3. The lowest BCUT2D eigenvalue weighted by Gasteiger charge is -2.05. The van der Waals surface area contributed by atoms with Crippen molar-refractivity contribution < 1.29 is 17.9 Å². The largest absolute Gasteiger partial charge is 0.494 e. The highest BCUT2D eigenvalue weighted by molar-refractivity contribution is 6.67. The molecular weight excluding hydrogens is 233 g/mol. The van der Waals surface area contributed by atoms with Crippen molar-refractivity contribution in [2.75, 3.05) is 7.11 Å². The smallest absolute Gasteiger partial charge is 0.444 e. The van der Waals surface area contributed by atoms with Crippen molar-refractivity contribution in [3.05, 3.63) is 18.5 Å². The van der Waals surface area contributed by atoms with E-state index in [0.717, 1.165) is 6.20 Å². The van der Waals surface area contributed by atoms with Crippen molar-refractivity contribution in [2.24, 2.45) is 4.99 Å². The first-order valence-corrected chi connectivity index (χ1v) is 4.12. The molecule has 0 aliphatic rings. The summed E-state index contributed by atoms with van der Waals surface area (Å²) in [5.41, 5.74) is -0.0673. The molecule has 1 aromatic rings. The van der Waals surface area contributed by atoms with Gasteiger partial charge in [0.1, 0.15) is 11.4 Å². The Balaban J connectivity index is 3.08. The van der Waals surface area contributed by atoms with E-state index in [9.17, 15) is 13.2 Å². The van der Waals surface area contributed by atoms with Crippen LogP contribution in [0.2, 0.25) is 0 Å². The van der Waals surface area contributed by atoms with Crippen LogP contribution in [0.25, 0.3) is 0 Å². The van der Waals surface area contributed by atoms with Crippen LogP contribution in [0.15, 0.2) is 23.5 Å². The Hall–Kier alpha value is -1.30. The summed E-state index contributed by atoms with van der Waals surface area (Å²) in [4.78, 5) is 6.79. The van der Waals surface area contributed by atoms with Crippen LogP contribution in [0.3, 0.4) is 0 Å². The van der Waals surface area contributed by atoms with Gasteiger partial charge in [-0.05, 0) is 0 Å². The number of alkyl halides is 3.